The van der Waals surface area contributed by atoms with Crippen molar-refractivity contribution >= 4 is 11.9 Å². The van der Waals surface area contributed by atoms with E-state index in [1.807, 2.05) is 0 Å². The van der Waals surface area contributed by atoms with Crippen LogP contribution in [0.5, 0.6) is 0 Å². The van der Waals surface area contributed by atoms with Crippen molar-refractivity contribution in [3.05, 3.63) is 0 Å². The fraction of sp³-hybridized carbons (Fsp3) is 0.900. The molecule has 26 heavy (non-hydrogen) atoms. The van der Waals surface area contributed by atoms with Gasteiger partial charge in [-0.05, 0) is 70.1 Å². The first-order chi connectivity index (χ1) is 12.4. The smallest absolute Gasteiger partial charge is 0.321 e. The lowest BCUT2D eigenvalue weighted by atomic mass is 9.53. The van der Waals surface area contributed by atoms with Crippen LogP contribution in [0, 0.1) is 17.8 Å². The number of carbonyl (C=O) groups is 2. The quantitative estimate of drug-likeness (QED) is 0.804. The van der Waals surface area contributed by atoms with Gasteiger partial charge in [-0.25, -0.2) is 4.79 Å². The number of ether oxygens (including phenoxy) is 1. The highest BCUT2D eigenvalue weighted by atomic mass is 16.5. The summed E-state index contributed by atoms with van der Waals surface area (Å²) in [5.41, 5.74) is -0.0474. The molecule has 5 aliphatic rings. The molecule has 0 aromatic heterocycles. The Kier molecular flexibility index (Phi) is 4.99. The van der Waals surface area contributed by atoms with Gasteiger partial charge >= 0.3 is 6.03 Å². The summed E-state index contributed by atoms with van der Waals surface area (Å²) in [5, 5.41) is 5.77. The summed E-state index contributed by atoms with van der Waals surface area (Å²) in [5.74, 6) is 2.16. The van der Waals surface area contributed by atoms with E-state index >= 15 is 0 Å². The Labute approximate surface area is 156 Å². The van der Waals surface area contributed by atoms with Crippen LogP contribution in [-0.2, 0) is 9.53 Å². The average molecular weight is 364 g/mol. The highest BCUT2D eigenvalue weighted by Gasteiger charge is 2.51. The van der Waals surface area contributed by atoms with Crippen molar-refractivity contribution in [2.75, 3.05) is 19.6 Å². The van der Waals surface area contributed by atoms with Gasteiger partial charge in [-0.15, -0.1) is 0 Å². The highest BCUT2D eigenvalue weighted by molar-refractivity contribution is 5.94. The van der Waals surface area contributed by atoms with Gasteiger partial charge in [-0.3, -0.25) is 15.0 Å². The van der Waals surface area contributed by atoms with E-state index < -0.39 is 0 Å². The topological polar surface area (TPSA) is 70.7 Å². The maximum Gasteiger partial charge on any atom is 0.321 e. The lowest BCUT2D eigenvalue weighted by Crippen LogP contribution is -2.61. The largest absolute Gasteiger partial charge is 0.373 e. The van der Waals surface area contributed by atoms with Crippen molar-refractivity contribution in [1.29, 1.82) is 0 Å². The van der Waals surface area contributed by atoms with E-state index in [9.17, 15) is 9.59 Å². The SMILES string of the molecule is C[C@@H]1CN(CCC(=O)NC(=O)NC23CC4CC(CC(C4)C2)C3)C[C@H](C)O1. The number of nitrogens with zero attached hydrogens (tertiary/aromatic N) is 1. The van der Waals surface area contributed by atoms with E-state index in [-0.39, 0.29) is 29.7 Å². The van der Waals surface area contributed by atoms with Crippen LogP contribution in [0.25, 0.3) is 0 Å². The lowest BCUT2D eigenvalue weighted by molar-refractivity contribution is -0.121. The average Bonchev–Trinajstić information content (AvgIpc) is 2.50. The van der Waals surface area contributed by atoms with Gasteiger partial charge in [0.05, 0.1) is 12.2 Å². The minimum atomic E-state index is -0.291. The molecule has 1 heterocycles. The van der Waals surface area contributed by atoms with Crippen LogP contribution in [0.15, 0.2) is 0 Å². The summed E-state index contributed by atoms with van der Waals surface area (Å²) in [6.45, 7) is 6.48. The number of morpholine rings is 1. The number of amides is 3. The van der Waals surface area contributed by atoms with E-state index in [0.29, 0.717) is 13.0 Å². The molecule has 3 amide bonds. The molecule has 6 heteroatoms. The van der Waals surface area contributed by atoms with Gasteiger partial charge in [0, 0.05) is 31.6 Å². The van der Waals surface area contributed by atoms with Crippen molar-refractivity contribution in [2.45, 2.75) is 76.5 Å². The molecule has 5 rings (SSSR count). The Morgan fingerprint density at radius 2 is 1.54 bits per heavy atom. The number of rotatable bonds is 4. The van der Waals surface area contributed by atoms with Crippen LogP contribution in [0.3, 0.4) is 0 Å². The number of hydrogen-bond acceptors (Lipinski definition) is 4. The monoisotopic (exact) mass is 363 g/mol. The molecule has 4 aliphatic carbocycles. The van der Waals surface area contributed by atoms with E-state index in [1.165, 1.54) is 19.3 Å². The molecule has 4 saturated carbocycles. The summed E-state index contributed by atoms with van der Waals surface area (Å²) >= 11 is 0. The molecule has 4 bridgehead atoms. The molecular formula is C20H33N3O3. The molecule has 0 spiro atoms. The molecule has 2 atom stereocenters. The van der Waals surface area contributed by atoms with Crippen LogP contribution < -0.4 is 10.6 Å². The lowest BCUT2D eigenvalue weighted by Gasteiger charge is -2.56. The van der Waals surface area contributed by atoms with Crippen LogP contribution in [0.1, 0.15) is 58.8 Å². The van der Waals surface area contributed by atoms with Crippen LogP contribution in [-0.4, -0.2) is 54.2 Å². The zero-order valence-electron chi connectivity index (χ0n) is 16.1. The molecule has 1 aliphatic heterocycles. The van der Waals surface area contributed by atoms with E-state index in [1.54, 1.807) is 0 Å². The number of hydrogen-bond donors (Lipinski definition) is 2. The molecule has 146 valence electrons. The standard InChI is InChI=1S/C20H33N3O3/c1-13-11-23(12-14(2)26-13)4-3-18(24)21-19(25)22-20-8-15-5-16(9-20)7-17(6-15)10-20/h13-17H,3-12H2,1-2H3,(H2,21,22,24,25)/t13-,14+,15?,16?,17?,20?. The summed E-state index contributed by atoms with van der Waals surface area (Å²) in [7, 11) is 0. The first kappa shape index (κ1) is 18.2. The van der Waals surface area contributed by atoms with E-state index in [2.05, 4.69) is 29.4 Å². The molecular weight excluding hydrogens is 330 g/mol. The van der Waals surface area contributed by atoms with Gasteiger partial charge in [0.25, 0.3) is 0 Å². The predicted molar refractivity (Wildman–Crippen MR) is 98.6 cm³/mol. The zero-order valence-corrected chi connectivity index (χ0v) is 16.1. The van der Waals surface area contributed by atoms with Crippen molar-refractivity contribution in [2.24, 2.45) is 17.8 Å². The third-order valence-corrected chi connectivity index (χ3v) is 6.82. The summed E-state index contributed by atoms with van der Waals surface area (Å²) in [4.78, 5) is 26.9. The van der Waals surface area contributed by atoms with Crippen LogP contribution in [0.2, 0.25) is 0 Å². The molecule has 0 aromatic rings. The predicted octanol–water partition coefficient (Wildman–Crippen LogP) is 2.28. The summed E-state index contributed by atoms with van der Waals surface area (Å²) < 4.78 is 5.72. The van der Waals surface area contributed by atoms with Gasteiger partial charge in [0.2, 0.25) is 5.91 Å². The Morgan fingerprint density at radius 1 is 1.00 bits per heavy atom. The summed E-state index contributed by atoms with van der Waals surface area (Å²) in [6, 6.07) is -0.291. The van der Waals surface area contributed by atoms with Gasteiger partial charge in [0.15, 0.2) is 0 Å². The Balaban J connectivity index is 1.23. The van der Waals surface area contributed by atoms with Gasteiger partial charge < -0.3 is 10.1 Å². The Morgan fingerprint density at radius 3 is 2.08 bits per heavy atom. The van der Waals surface area contributed by atoms with Crippen LogP contribution in [0.4, 0.5) is 4.79 Å². The minimum absolute atomic E-state index is 0.0474. The first-order valence-corrected chi connectivity index (χ1v) is 10.4. The molecule has 2 N–H and O–H groups in total. The fourth-order valence-corrected chi connectivity index (χ4v) is 6.45. The molecule has 5 fully saturated rings. The minimum Gasteiger partial charge on any atom is -0.373 e. The van der Waals surface area contributed by atoms with Crippen molar-refractivity contribution < 1.29 is 14.3 Å². The van der Waals surface area contributed by atoms with Crippen molar-refractivity contribution in [1.82, 2.24) is 15.5 Å². The molecule has 0 aromatic carbocycles. The highest BCUT2D eigenvalue weighted by Crippen LogP contribution is 2.55. The molecule has 0 radical (unpaired) electrons. The third kappa shape index (κ3) is 4.06. The van der Waals surface area contributed by atoms with Gasteiger partial charge in [-0.1, -0.05) is 0 Å². The third-order valence-electron chi connectivity index (χ3n) is 6.82. The number of carbonyl (C=O) groups excluding carboxylic acids is 2. The fourth-order valence-electron chi connectivity index (χ4n) is 6.45. The first-order valence-electron chi connectivity index (χ1n) is 10.4. The maximum absolute atomic E-state index is 12.4. The molecule has 6 nitrogen and oxygen atoms in total. The molecule has 0 unspecified atom stereocenters. The zero-order chi connectivity index (χ0) is 18.3. The van der Waals surface area contributed by atoms with Crippen molar-refractivity contribution in [3.8, 4) is 0 Å². The second kappa shape index (κ2) is 7.12. The van der Waals surface area contributed by atoms with Gasteiger partial charge in [-0.2, -0.15) is 0 Å². The maximum atomic E-state index is 12.4. The Hall–Kier alpha value is -1.14. The van der Waals surface area contributed by atoms with E-state index in [0.717, 1.165) is 50.1 Å². The normalized spacial score (nSPS) is 41.8. The van der Waals surface area contributed by atoms with E-state index in [4.69, 9.17) is 4.74 Å². The molecule has 1 saturated heterocycles. The number of nitrogens with one attached hydrogen (secondary N) is 2. The number of imide groups is 1. The van der Waals surface area contributed by atoms with Crippen molar-refractivity contribution in [3.63, 3.8) is 0 Å². The Bertz CT molecular complexity index is 519. The number of urea groups is 1. The van der Waals surface area contributed by atoms with Crippen LogP contribution >= 0.6 is 0 Å². The summed E-state index contributed by atoms with van der Waals surface area (Å²) in [6.07, 6.45) is 8.09. The van der Waals surface area contributed by atoms with Gasteiger partial charge in [0.1, 0.15) is 0 Å². The second-order valence-electron chi connectivity index (χ2n) is 9.47. The second-order valence-corrected chi connectivity index (χ2v) is 9.47.